The van der Waals surface area contributed by atoms with Gasteiger partial charge in [0.15, 0.2) is 0 Å². The van der Waals surface area contributed by atoms with Crippen LogP contribution in [0.15, 0.2) is 0 Å². The molecule has 0 unspecified atom stereocenters. The fourth-order valence-electron chi connectivity index (χ4n) is 1.56. The van der Waals surface area contributed by atoms with Gasteiger partial charge in [0.25, 0.3) is 0 Å². The minimum Gasteiger partial charge on any atom is -0.463 e. The predicted molar refractivity (Wildman–Crippen MR) is 65.8 cm³/mol. The molecule has 2 amide bonds. The highest BCUT2D eigenvalue weighted by Crippen LogP contribution is 2.21. The van der Waals surface area contributed by atoms with Gasteiger partial charge in [-0.25, -0.2) is 4.79 Å². The van der Waals surface area contributed by atoms with E-state index in [2.05, 4.69) is 0 Å². The fraction of sp³-hybridized carbons (Fsp3) is 0.833. The van der Waals surface area contributed by atoms with Crippen LogP contribution in [0.25, 0.3) is 0 Å². The quantitative estimate of drug-likeness (QED) is 0.710. The Morgan fingerprint density at radius 3 is 2.50 bits per heavy atom. The summed E-state index contributed by atoms with van der Waals surface area (Å²) in [6.07, 6.45) is 0.715. The molecular weight excluding hydrogens is 236 g/mol. The van der Waals surface area contributed by atoms with Crippen molar-refractivity contribution in [2.24, 2.45) is 5.41 Å². The third kappa shape index (κ3) is 3.35. The molecule has 1 N–H and O–H groups in total. The maximum Gasteiger partial charge on any atom is 0.322 e. The molecule has 0 spiro atoms. The minimum absolute atomic E-state index is 0.202. The highest BCUT2D eigenvalue weighted by Gasteiger charge is 2.29. The molecule has 0 radical (unpaired) electrons. The van der Waals surface area contributed by atoms with E-state index in [4.69, 9.17) is 9.84 Å². The first-order valence-electron chi connectivity index (χ1n) is 6.24. The molecule has 0 atom stereocenters. The molecule has 0 aromatic heterocycles. The number of rotatable bonds is 6. The van der Waals surface area contributed by atoms with Gasteiger partial charge in [0, 0.05) is 13.1 Å². The van der Waals surface area contributed by atoms with Crippen LogP contribution in [0.5, 0.6) is 0 Å². The van der Waals surface area contributed by atoms with Gasteiger partial charge in [-0.15, -0.1) is 0 Å². The molecule has 18 heavy (non-hydrogen) atoms. The number of ether oxygens (including phenoxy) is 1. The van der Waals surface area contributed by atoms with Crippen LogP contribution in [0.1, 0.15) is 27.2 Å². The lowest BCUT2D eigenvalue weighted by Crippen LogP contribution is -2.35. The van der Waals surface area contributed by atoms with Gasteiger partial charge in [0.05, 0.1) is 12.0 Å². The average Bonchev–Trinajstić information content (AvgIpc) is 2.70. The number of urea groups is 1. The van der Waals surface area contributed by atoms with Crippen LogP contribution in [0, 0.1) is 5.41 Å². The van der Waals surface area contributed by atoms with E-state index in [0.29, 0.717) is 26.1 Å². The smallest absolute Gasteiger partial charge is 0.322 e. The number of carbonyl (C=O) groups is 2. The van der Waals surface area contributed by atoms with Crippen molar-refractivity contribution in [3.8, 4) is 0 Å². The summed E-state index contributed by atoms with van der Waals surface area (Å²) in [5, 5.41) is 8.90. The van der Waals surface area contributed by atoms with Crippen molar-refractivity contribution < 1.29 is 19.4 Å². The van der Waals surface area contributed by atoms with Crippen molar-refractivity contribution in [2.75, 3.05) is 33.0 Å². The molecule has 1 heterocycles. The Morgan fingerprint density at radius 1 is 1.39 bits per heavy atom. The van der Waals surface area contributed by atoms with Crippen LogP contribution in [-0.2, 0) is 9.53 Å². The van der Waals surface area contributed by atoms with Gasteiger partial charge >= 0.3 is 12.0 Å². The van der Waals surface area contributed by atoms with Gasteiger partial charge in [-0.3, -0.25) is 9.69 Å². The predicted octanol–water partition coefficient (Wildman–Crippen LogP) is 0.653. The Balaban J connectivity index is 2.31. The number of hydrogen-bond donors (Lipinski definition) is 1. The Labute approximate surface area is 107 Å². The van der Waals surface area contributed by atoms with Crippen LogP contribution in [0.2, 0.25) is 0 Å². The number of hydrogen-bond acceptors (Lipinski definition) is 4. The topological polar surface area (TPSA) is 70.1 Å². The van der Waals surface area contributed by atoms with E-state index in [1.165, 1.54) is 4.90 Å². The highest BCUT2D eigenvalue weighted by atomic mass is 16.5. The summed E-state index contributed by atoms with van der Waals surface area (Å²) in [6.45, 7) is 7.00. The molecule has 104 valence electrons. The van der Waals surface area contributed by atoms with Crippen LogP contribution >= 0.6 is 0 Å². The lowest BCUT2D eigenvalue weighted by Gasteiger charge is -2.22. The third-order valence-corrected chi connectivity index (χ3v) is 3.38. The van der Waals surface area contributed by atoms with Gasteiger partial charge in [-0.2, -0.15) is 0 Å². The molecule has 0 saturated carbocycles. The lowest BCUT2D eigenvalue weighted by molar-refractivity contribution is -0.154. The Kier molecular flexibility index (Phi) is 4.95. The van der Waals surface area contributed by atoms with Gasteiger partial charge in [-0.1, -0.05) is 6.92 Å². The molecule has 1 fully saturated rings. The SMILES string of the molecule is CCC(C)(C)C(=O)OCCN1CCN(CO)C1=O. The first-order valence-corrected chi connectivity index (χ1v) is 6.24. The van der Waals surface area contributed by atoms with Gasteiger partial charge in [0.2, 0.25) is 0 Å². The number of aliphatic hydroxyl groups is 1. The second-order valence-corrected chi connectivity index (χ2v) is 5.05. The maximum absolute atomic E-state index is 11.7. The van der Waals surface area contributed by atoms with E-state index in [1.807, 2.05) is 20.8 Å². The standard InChI is InChI=1S/C12H22N2O4/c1-4-12(2,3)10(16)18-8-7-13-5-6-14(9-15)11(13)17/h15H,4-9H2,1-3H3. The second-order valence-electron chi connectivity index (χ2n) is 5.05. The first kappa shape index (κ1) is 14.8. The number of aliphatic hydroxyl groups excluding tert-OH is 1. The number of nitrogens with zero attached hydrogens (tertiary/aromatic N) is 2. The Hall–Kier alpha value is -1.30. The lowest BCUT2D eigenvalue weighted by atomic mass is 9.91. The van der Waals surface area contributed by atoms with Crippen LogP contribution < -0.4 is 0 Å². The van der Waals surface area contributed by atoms with Gasteiger partial charge in [-0.05, 0) is 20.3 Å². The molecule has 0 aromatic rings. The van der Waals surface area contributed by atoms with E-state index in [0.717, 1.165) is 0 Å². The zero-order valence-electron chi connectivity index (χ0n) is 11.3. The zero-order chi connectivity index (χ0) is 13.8. The van der Waals surface area contributed by atoms with Gasteiger partial charge < -0.3 is 14.7 Å². The highest BCUT2D eigenvalue weighted by molar-refractivity contribution is 5.77. The summed E-state index contributed by atoms with van der Waals surface area (Å²) < 4.78 is 5.16. The molecule has 0 bridgehead atoms. The molecule has 6 nitrogen and oxygen atoms in total. The number of carbonyl (C=O) groups excluding carboxylic acids is 2. The van der Waals surface area contributed by atoms with E-state index in [1.54, 1.807) is 4.90 Å². The third-order valence-electron chi connectivity index (χ3n) is 3.38. The Bertz CT molecular complexity index is 317. The fourth-order valence-corrected chi connectivity index (χ4v) is 1.56. The molecule has 1 aliphatic rings. The van der Waals surface area contributed by atoms with Crippen molar-refractivity contribution >= 4 is 12.0 Å². The van der Waals surface area contributed by atoms with Crippen molar-refractivity contribution in [2.45, 2.75) is 27.2 Å². The number of esters is 1. The summed E-state index contributed by atoms with van der Waals surface area (Å²) in [5.41, 5.74) is -0.480. The monoisotopic (exact) mass is 258 g/mol. The first-order chi connectivity index (χ1) is 8.42. The van der Waals surface area contributed by atoms with Gasteiger partial charge in [0.1, 0.15) is 13.3 Å². The molecule has 1 saturated heterocycles. The second kappa shape index (κ2) is 6.04. The Morgan fingerprint density at radius 2 is 2.00 bits per heavy atom. The van der Waals surface area contributed by atoms with Crippen molar-refractivity contribution in [1.29, 1.82) is 0 Å². The van der Waals surface area contributed by atoms with Crippen molar-refractivity contribution in [3.05, 3.63) is 0 Å². The van der Waals surface area contributed by atoms with E-state index in [9.17, 15) is 9.59 Å². The van der Waals surface area contributed by atoms with Crippen LogP contribution in [0.3, 0.4) is 0 Å². The summed E-state index contributed by atoms with van der Waals surface area (Å²) in [7, 11) is 0. The summed E-state index contributed by atoms with van der Waals surface area (Å²) >= 11 is 0. The molecule has 0 aliphatic carbocycles. The normalized spacial score (nSPS) is 16.3. The summed E-state index contributed by atoms with van der Waals surface area (Å²) in [6, 6.07) is -0.205. The molecule has 1 aliphatic heterocycles. The van der Waals surface area contributed by atoms with Crippen LogP contribution in [-0.4, -0.2) is 59.9 Å². The van der Waals surface area contributed by atoms with E-state index in [-0.39, 0.29) is 25.3 Å². The number of amides is 2. The summed E-state index contributed by atoms with van der Waals surface area (Å²) in [4.78, 5) is 26.2. The maximum atomic E-state index is 11.7. The molecule has 1 rings (SSSR count). The minimum atomic E-state index is -0.480. The van der Waals surface area contributed by atoms with E-state index < -0.39 is 5.41 Å². The largest absolute Gasteiger partial charge is 0.463 e. The molecule has 6 heteroatoms. The molecular formula is C12H22N2O4. The molecule has 0 aromatic carbocycles. The van der Waals surface area contributed by atoms with Crippen molar-refractivity contribution in [3.63, 3.8) is 0 Å². The van der Waals surface area contributed by atoms with Crippen LogP contribution in [0.4, 0.5) is 4.79 Å². The average molecular weight is 258 g/mol. The zero-order valence-corrected chi connectivity index (χ0v) is 11.3. The van der Waals surface area contributed by atoms with E-state index >= 15 is 0 Å². The summed E-state index contributed by atoms with van der Waals surface area (Å²) in [5.74, 6) is -0.240. The van der Waals surface area contributed by atoms with Crippen molar-refractivity contribution in [1.82, 2.24) is 9.80 Å².